The lowest BCUT2D eigenvalue weighted by atomic mass is 9.50. The lowest BCUT2D eigenvalue weighted by Gasteiger charge is -2.61. The molecule has 34 heavy (non-hydrogen) atoms. The Bertz CT molecular complexity index is 1240. The first-order valence-corrected chi connectivity index (χ1v) is 11.9. The second-order valence-electron chi connectivity index (χ2n) is 10.1. The van der Waals surface area contributed by atoms with E-state index < -0.39 is 28.1 Å². The monoisotopic (exact) mass is 486 g/mol. The van der Waals surface area contributed by atoms with Crippen LogP contribution >= 0.6 is 11.5 Å². The molecular weight excluding hydrogens is 457 g/mol. The number of halogens is 3. The molecule has 0 bridgehead atoms. The lowest BCUT2D eigenvalue weighted by molar-refractivity contribution is -0.137. The quantitative estimate of drug-likeness (QED) is 0.386. The second-order valence-corrected chi connectivity index (χ2v) is 10.9. The van der Waals surface area contributed by atoms with Crippen LogP contribution in [-0.2, 0) is 11.6 Å². The summed E-state index contributed by atoms with van der Waals surface area (Å²) in [6, 6.07) is 9.67. The summed E-state index contributed by atoms with van der Waals surface area (Å²) in [5.41, 5.74) is 0.351. The highest BCUT2D eigenvalue weighted by Gasteiger charge is 2.57. The van der Waals surface area contributed by atoms with Crippen LogP contribution in [0, 0.1) is 12.3 Å². The Hall–Kier alpha value is -2.74. The van der Waals surface area contributed by atoms with Crippen LogP contribution in [0.5, 0.6) is 0 Å². The van der Waals surface area contributed by atoms with Gasteiger partial charge in [-0.2, -0.15) is 17.5 Å². The summed E-state index contributed by atoms with van der Waals surface area (Å²) < 4.78 is 44.7. The Labute approximate surface area is 202 Å². The summed E-state index contributed by atoms with van der Waals surface area (Å²) >= 11 is 1.34. The number of pyridine rings is 1. The molecule has 0 saturated carbocycles. The Morgan fingerprint density at radius 3 is 2.24 bits per heavy atom. The number of benzene rings is 1. The van der Waals surface area contributed by atoms with Crippen molar-refractivity contribution in [2.45, 2.75) is 65.6 Å². The van der Waals surface area contributed by atoms with Crippen molar-refractivity contribution in [1.29, 1.82) is 0 Å². The highest BCUT2D eigenvalue weighted by atomic mass is 32.1. The van der Waals surface area contributed by atoms with Crippen molar-refractivity contribution < 1.29 is 13.2 Å². The molecule has 1 unspecified atom stereocenters. The van der Waals surface area contributed by atoms with Crippen molar-refractivity contribution in [3.63, 3.8) is 0 Å². The molecule has 0 aliphatic carbocycles. The van der Waals surface area contributed by atoms with Gasteiger partial charge in [-0.05, 0) is 68.6 Å². The van der Waals surface area contributed by atoms with E-state index in [2.05, 4.69) is 42.0 Å². The van der Waals surface area contributed by atoms with Gasteiger partial charge in [0.2, 0.25) is 0 Å². The zero-order chi connectivity index (χ0) is 25.1. The Morgan fingerprint density at radius 1 is 0.971 bits per heavy atom. The molecule has 1 aromatic carbocycles. The van der Waals surface area contributed by atoms with Gasteiger partial charge < -0.3 is 4.90 Å². The Balaban J connectivity index is 1.80. The summed E-state index contributed by atoms with van der Waals surface area (Å²) in [5, 5.41) is 0.818. The summed E-state index contributed by atoms with van der Waals surface area (Å²) in [6.45, 7) is 14.4. The van der Waals surface area contributed by atoms with Gasteiger partial charge in [-0.3, -0.25) is 0 Å². The van der Waals surface area contributed by atoms with Crippen LogP contribution in [0.4, 0.5) is 19.0 Å². The molecule has 0 radical (unpaired) electrons. The van der Waals surface area contributed by atoms with E-state index in [-0.39, 0.29) is 0 Å². The fourth-order valence-corrected chi connectivity index (χ4v) is 5.57. The summed E-state index contributed by atoms with van der Waals surface area (Å²) in [7, 11) is 0. The molecule has 2 aromatic heterocycles. The van der Waals surface area contributed by atoms with Crippen molar-refractivity contribution in [1.82, 2.24) is 14.3 Å². The first-order valence-electron chi connectivity index (χ1n) is 11.1. The van der Waals surface area contributed by atoms with Crippen LogP contribution in [0.2, 0.25) is 0 Å². The van der Waals surface area contributed by atoms with Gasteiger partial charge in [-0.1, -0.05) is 39.0 Å². The highest BCUT2D eigenvalue weighted by molar-refractivity contribution is 7.09. The average molecular weight is 487 g/mol. The van der Waals surface area contributed by atoms with E-state index in [9.17, 15) is 13.2 Å². The van der Waals surface area contributed by atoms with Gasteiger partial charge in [0.25, 0.3) is 0 Å². The molecule has 4 rings (SSSR count). The number of aromatic nitrogens is 3. The van der Waals surface area contributed by atoms with Gasteiger partial charge >= 0.3 is 6.18 Å². The number of hydrogen-bond acceptors (Lipinski definition) is 5. The first kappa shape index (κ1) is 24.4. The van der Waals surface area contributed by atoms with Crippen molar-refractivity contribution >= 4 is 17.4 Å². The molecule has 0 amide bonds. The SMILES string of the molecule is CC1=CN(c2ccc(-c3nc(C)ns3)cn2)C(C)(C)C(C)(C)C1(C)c1cccc(C(F)(F)F)c1. The zero-order valence-electron chi connectivity index (χ0n) is 20.4. The molecule has 1 aliphatic rings. The molecule has 3 aromatic rings. The van der Waals surface area contributed by atoms with Crippen molar-refractivity contribution in [3.8, 4) is 10.6 Å². The Kier molecular flexibility index (Phi) is 5.67. The van der Waals surface area contributed by atoms with Crippen LogP contribution in [0.15, 0.2) is 54.4 Å². The van der Waals surface area contributed by atoms with Gasteiger partial charge in [-0.25, -0.2) is 9.97 Å². The fourth-order valence-electron chi connectivity index (χ4n) is 4.91. The molecule has 0 saturated heterocycles. The molecule has 0 spiro atoms. The number of aryl methyl sites for hydroxylation is 1. The molecule has 0 fully saturated rings. The van der Waals surface area contributed by atoms with Gasteiger partial charge in [0.05, 0.1) is 5.56 Å². The number of alkyl halides is 3. The lowest BCUT2D eigenvalue weighted by Crippen LogP contribution is -2.63. The highest BCUT2D eigenvalue weighted by Crippen LogP contribution is 2.58. The van der Waals surface area contributed by atoms with Crippen molar-refractivity contribution in [2.24, 2.45) is 5.41 Å². The van der Waals surface area contributed by atoms with E-state index in [0.717, 1.165) is 33.9 Å². The number of anilines is 1. The van der Waals surface area contributed by atoms with E-state index in [0.29, 0.717) is 5.56 Å². The van der Waals surface area contributed by atoms with Gasteiger partial charge in [0.15, 0.2) is 0 Å². The number of hydrogen-bond donors (Lipinski definition) is 0. The fraction of sp³-hybridized carbons (Fsp3) is 0.423. The zero-order valence-corrected chi connectivity index (χ0v) is 21.3. The third-order valence-electron chi connectivity index (χ3n) is 8.03. The third kappa shape index (κ3) is 3.63. The van der Waals surface area contributed by atoms with Crippen LogP contribution in [0.3, 0.4) is 0 Å². The number of allylic oxidation sites excluding steroid dienone is 1. The first-order chi connectivity index (χ1) is 15.7. The number of nitrogens with zero attached hydrogens (tertiary/aromatic N) is 4. The van der Waals surface area contributed by atoms with Crippen molar-refractivity contribution in [3.05, 3.63) is 71.3 Å². The summed E-state index contributed by atoms with van der Waals surface area (Å²) in [6.07, 6.45) is -0.563. The predicted molar refractivity (Wildman–Crippen MR) is 131 cm³/mol. The second kappa shape index (κ2) is 7.90. The van der Waals surface area contributed by atoms with Crippen molar-refractivity contribution in [2.75, 3.05) is 4.90 Å². The minimum absolute atomic E-state index is 0.459. The molecule has 3 heterocycles. The molecular formula is C26H29F3N4S. The van der Waals surface area contributed by atoms with Gasteiger partial charge in [-0.15, -0.1) is 0 Å². The smallest absolute Gasteiger partial charge is 0.327 e. The summed E-state index contributed by atoms with van der Waals surface area (Å²) in [4.78, 5) is 11.3. The molecule has 4 nitrogen and oxygen atoms in total. The van der Waals surface area contributed by atoms with Crippen LogP contribution in [0.25, 0.3) is 10.6 Å². The van der Waals surface area contributed by atoms with Crippen LogP contribution in [0.1, 0.15) is 58.5 Å². The molecule has 8 heteroatoms. The van der Waals surface area contributed by atoms with E-state index in [1.165, 1.54) is 23.7 Å². The van der Waals surface area contributed by atoms with E-state index >= 15 is 0 Å². The maximum absolute atomic E-state index is 13.5. The average Bonchev–Trinajstić information content (AvgIpc) is 3.21. The maximum Gasteiger partial charge on any atom is 0.416 e. The minimum atomic E-state index is -4.39. The van der Waals surface area contributed by atoms with E-state index in [1.807, 2.05) is 39.1 Å². The normalized spacial score (nSPS) is 21.9. The number of rotatable bonds is 3. The largest absolute Gasteiger partial charge is 0.416 e. The Morgan fingerprint density at radius 2 is 1.68 bits per heavy atom. The van der Waals surface area contributed by atoms with E-state index in [4.69, 9.17) is 4.98 Å². The molecule has 1 aliphatic heterocycles. The third-order valence-corrected chi connectivity index (χ3v) is 8.89. The van der Waals surface area contributed by atoms with Gasteiger partial charge in [0, 0.05) is 34.3 Å². The topological polar surface area (TPSA) is 41.9 Å². The minimum Gasteiger partial charge on any atom is -0.327 e. The van der Waals surface area contributed by atoms with Crippen LogP contribution in [-0.4, -0.2) is 19.9 Å². The molecule has 1 atom stereocenters. The molecule has 180 valence electrons. The van der Waals surface area contributed by atoms with Crippen LogP contribution < -0.4 is 4.90 Å². The molecule has 0 N–H and O–H groups in total. The van der Waals surface area contributed by atoms with E-state index in [1.54, 1.807) is 12.3 Å². The van der Waals surface area contributed by atoms with Gasteiger partial charge in [0.1, 0.15) is 16.6 Å². The summed E-state index contributed by atoms with van der Waals surface area (Å²) in [5.74, 6) is 1.50. The predicted octanol–water partition coefficient (Wildman–Crippen LogP) is 7.41. The standard InChI is InChI=1S/C26H29F3N4S/c1-16-15-33(21-12-11-18(14-30-21)22-31-17(2)32-34-22)24(5,6)23(3,4)25(16,7)19-9-8-10-20(13-19)26(27,28)29/h8-15H,1-7H3. The maximum atomic E-state index is 13.5.